The number of alkyl halides is 4. The van der Waals surface area contributed by atoms with Gasteiger partial charge in [-0.25, -0.2) is 8.78 Å². The van der Waals surface area contributed by atoms with E-state index in [2.05, 4.69) is 4.74 Å². The van der Waals surface area contributed by atoms with Gasteiger partial charge in [-0.05, 0) is 31.0 Å². The second-order valence-electron chi connectivity index (χ2n) is 4.98. The van der Waals surface area contributed by atoms with Crippen LogP contribution in [0.15, 0.2) is 18.2 Å². The number of carbonyl (C=O) groups excluding carboxylic acids is 2. The van der Waals surface area contributed by atoms with Crippen molar-refractivity contribution in [1.29, 1.82) is 0 Å². The Morgan fingerprint density at radius 3 is 2.46 bits per heavy atom. The normalized spacial score (nSPS) is 11.5. The monoisotopic (exact) mass is 370 g/mol. The highest BCUT2D eigenvalue weighted by atomic mass is 35.5. The van der Waals surface area contributed by atoms with Gasteiger partial charge in [0.05, 0.1) is 5.02 Å². The van der Waals surface area contributed by atoms with Gasteiger partial charge in [-0.15, -0.1) is 0 Å². The molecule has 0 bridgehead atoms. The van der Waals surface area contributed by atoms with E-state index in [1.165, 1.54) is 0 Å². The molecule has 134 valence electrons. The van der Waals surface area contributed by atoms with E-state index in [1.807, 2.05) is 0 Å². The van der Waals surface area contributed by atoms with Crippen LogP contribution in [0.3, 0.4) is 0 Å². The lowest BCUT2D eigenvalue weighted by Gasteiger charge is -2.14. The molecule has 0 atom stereocenters. The maximum absolute atomic E-state index is 12.6. The largest absolute Gasteiger partial charge is 0.459 e. The third kappa shape index (κ3) is 6.74. The first-order valence-electron chi connectivity index (χ1n) is 6.90. The Labute approximate surface area is 140 Å². The van der Waals surface area contributed by atoms with Gasteiger partial charge in [0.25, 0.3) is 0 Å². The van der Waals surface area contributed by atoms with E-state index in [0.717, 1.165) is 5.56 Å². The molecule has 4 nitrogen and oxygen atoms in total. The van der Waals surface area contributed by atoms with Crippen LogP contribution in [0.4, 0.5) is 17.6 Å². The van der Waals surface area contributed by atoms with E-state index in [0.29, 0.717) is 0 Å². The molecule has 1 aromatic carbocycles. The van der Waals surface area contributed by atoms with Gasteiger partial charge in [0.1, 0.15) is 5.75 Å². The fraction of sp³-hybridized carbons (Fsp3) is 0.467. The minimum Gasteiger partial charge on any atom is -0.459 e. The summed E-state index contributed by atoms with van der Waals surface area (Å²) in [5.74, 6) is -6.00. The zero-order valence-electron chi connectivity index (χ0n) is 12.7. The van der Waals surface area contributed by atoms with Gasteiger partial charge >= 0.3 is 24.3 Å². The predicted octanol–water partition coefficient (Wildman–Crippen LogP) is 4.17. The molecule has 0 fully saturated rings. The molecule has 1 aromatic rings. The Bertz CT molecular complexity index is 593. The molecule has 0 aromatic heterocycles. The van der Waals surface area contributed by atoms with Gasteiger partial charge in [0.15, 0.2) is 6.61 Å². The van der Waals surface area contributed by atoms with Crippen LogP contribution in [-0.4, -0.2) is 30.9 Å². The summed E-state index contributed by atoms with van der Waals surface area (Å²) in [4.78, 5) is 22.8. The lowest BCUT2D eigenvalue weighted by molar-refractivity contribution is -0.179. The van der Waals surface area contributed by atoms with Crippen LogP contribution in [0.2, 0.25) is 5.02 Å². The summed E-state index contributed by atoms with van der Waals surface area (Å²) in [7, 11) is 0. The summed E-state index contributed by atoms with van der Waals surface area (Å²) in [6, 6.07) is 4.84. The second-order valence-corrected chi connectivity index (χ2v) is 5.39. The summed E-state index contributed by atoms with van der Waals surface area (Å²) in [6.45, 7) is 0.0751. The van der Waals surface area contributed by atoms with Crippen LogP contribution in [-0.2, 0) is 14.3 Å². The molecule has 0 radical (unpaired) electrons. The molecule has 0 unspecified atom stereocenters. The van der Waals surface area contributed by atoms with Crippen molar-refractivity contribution in [2.24, 2.45) is 0 Å². The quantitative estimate of drug-likeness (QED) is 0.391. The summed E-state index contributed by atoms with van der Waals surface area (Å²) >= 11 is 5.85. The average molecular weight is 371 g/mol. The first-order valence-corrected chi connectivity index (χ1v) is 7.28. The topological polar surface area (TPSA) is 52.6 Å². The Hall–Kier alpha value is -1.83. The van der Waals surface area contributed by atoms with Crippen molar-refractivity contribution < 1.29 is 36.6 Å². The third-order valence-electron chi connectivity index (χ3n) is 2.82. The SMILES string of the molecule is Cc1ccc(Cl)c(OC(=O)CCCC(=O)OCC(F)(F)C(F)F)c1. The zero-order chi connectivity index (χ0) is 18.3. The zero-order valence-corrected chi connectivity index (χ0v) is 13.4. The number of ether oxygens (including phenoxy) is 2. The minimum atomic E-state index is -4.39. The average Bonchev–Trinajstić information content (AvgIpc) is 2.49. The molecule has 0 amide bonds. The van der Waals surface area contributed by atoms with Crippen molar-refractivity contribution in [3.8, 4) is 5.75 Å². The molecule has 9 heteroatoms. The summed E-state index contributed by atoms with van der Waals surface area (Å²) in [6.07, 6.45) is -4.53. The number of carbonyl (C=O) groups is 2. The highest BCUT2D eigenvalue weighted by molar-refractivity contribution is 6.32. The van der Waals surface area contributed by atoms with Crippen molar-refractivity contribution in [2.75, 3.05) is 6.61 Å². The van der Waals surface area contributed by atoms with Crippen LogP contribution in [0, 0.1) is 6.92 Å². The van der Waals surface area contributed by atoms with Gasteiger partial charge < -0.3 is 9.47 Å². The molecule has 0 saturated heterocycles. The van der Waals surface area contributed by atoms with Crippen molar-refractivity contribution in [3.05, 3.63) is 28.8 Å². The lowest BCUT2D eigenvalue weighted by atomic mass is 10.2. The second kappa shape index (κ2) is 8.86. The highest BCUT2D eigenvalue weighted by Gasteiger charge is 2.42. The van der Waals surface area contributed by atoms with E-state index >= 15 is 0 Å². The van der Waals surface area contributed by atoms with Gasteiger partial charge in [0, 0.05) is 12.8 Å². The molecule has 0 aliphatic carbocycles. The van der Waals surface area contributed by atoms with Crippen LogP contribution in [0.25, 0.3) is 0 Å². The predicted molar refractivity (Wildman–Crippen MR) is 77.6 cm³/mol. The molecule has 0 saturated carbocycles. The highest BCUT2D eigenvalue weighted by Crippen LogP contribution is 2.26. The van der Waals surface area contributed by atoms with Crippen LogP contribution in [0.5, 0.6) is 5.75 Å². The maximum atomic E-state index is 12.6. The van der Waals surface area contributed by atoms with Gasteiger partial charge in [-0.1, -0.05) is 17.7 Å². The number of benzene rings is 1. The van der Waals surface area contributed by atoms with E-state index in [4.69, 9.17) is 16.3 Å². The molecule has 24 heavy (non-hydrogen) atoms. The number of hydrogen-bond acceptors (Lipinski definition) is 4. The van der Waals surface area contributed by atoms with Gasteiger partial charge in [-0.2, -0.15) is 8.78 Å². The minimum absolute atomic E-state index is 0.0403. The number of hydrogen-bond donors (Lipinski definition) is 0. The summed E-state index contributed by atoms with van der Waals surface area (Å²) in [5, 5.41) is 0.239. The van der Waals surface area contributed by atoms with Crippen molar-refractivity contribution in [2.45, 2.75) is 38.5 Å². The van der Waals surface area contributed by atoms with E-state index < -0.39 is 30.9 Å². The number of rotatable bonds is 8. The molecular formula is C15H15ClF4O4. The number of halogens is 5. The van der Waals surface area contributed by atoms with Gasteiger partial charge in [0.2, 0.25) is 0 Å². The molecule has 0 aliphatic rings. The first-order chi connectivity index (χ1) is 11.1. The van der Waals surface area contributed by atoms with Crippen molar-refractivity contribution in [3.63, 3.8) is 0 Å². The smallest absolute Gasteiger partial charge is 0.340 e. The molecule has 0 aliphatic heterocycles. The standard InChI is InChI=1S/C15H15ClF4O4/c1-9-5-6-10(16)11(7-9)24-13(22)4-2-3-12(21)23-8-15(19,20)14(17)18/h5-7,14H,2-4,8H2,1H3. The van der Waals surface area contributed by atoms with Crippen LogP contribution >= 0.6 is 11.6 Å². The Morgan fingerprint density at radius 2 is 1.83 bits per heavy atom. The molecule has 0 N–H and O–H groups in total. The van der Waals surface area contributed by atoms with E-state index in [1.54, 1.807) is 25.1 Å². The van der Waals surface area contributed by atoms with Gasteiger partial charge in [-0.3, -0.25) is 9.59 Å². The van der Waals surface area contributed by atoms with Crippen molar-refractivity contribution >= 4 is 23.5 Å². The van der Waals surface area contributed by atoms with Crippen LogP contribution in [0.1, 0.15) is 24.8 Å². The Kier molecular flexibility index (Phi) is 7.47. The number of aryl methyl sites for hydroxylation is 1. The van der Waals surface area contributed by atoms with Crippen LogP contribution < -0.4 is 4.74 Å². The number of esters is 2. The molecule has 0 spiro atoms. The summed E-state index contributed by atoms with van der Waals surface area (Å²) < 4.78 is 57.9. The van der Waals surface area contributed by atoms with Crippen molar-refractivity contribution in [1.82, 2.24) is 0 Å². The molecule has 1 rings (SSSR count). The third-order valence-corrected chi connectivity index (χ3v) is 3.13. The fourth-order valence-corrected chi connectivity index (χ4v) is 1.71. The summed E-state index contributed by atoms with van der Waals surface area (Å²) in [5.41, 5.74) is 0.825. The Morgan fingerprint density at radius 1 is 1.21 bits per heavy atom. The molecular weight excluding hydrogens is 356 g/mol. The molecule has 0 heterocycles. The lowest BCUT2D eigenvalue weighted by Crippen LogP contribution is -2.33. The first kappa shape index (κ1) is 20.2. The van der Waals surface area contributed by atoms with E-state index in [9.17, 15) is 27.2 Å². The Balaban J connectivity index is 2.33. The fourth-order valence-electron chi connectivity index (χ4n) is 1.55. The van der Waals surface area contributed by atoms with E-state index in [-0.39, 0.29) is 30.0 Å². The maximum Gasteiger partial charge on any atom is 0.340 e.